The van der Waals surface area contributed by atoms with Crippen LogP contribution in [0, 0.1) is 0 Å². The number of H-pyrrole nitrogens is 1. The van der Waals surface area contributed by atoms with Crippen molar-refractivity contribution >= 4 is 10.9 Å². The molecular formula is C27H42N2. The molecule has 0 spiro atoms. The van der Waals surface area contributed by atoms with Crippen LogP contribution in [0.15, 0.2) is 54.8 Å². The first kappa shape index (κ1) is 23.5. The summed E-state index contributed by atoms with van der Waals surface area (Å²) in [6, 6.07) is 8.57. The molecule has 0 amide bonds. The van der Waals surface area contributed by atoms with Crippen molar-refractivity contribution in [2.24, 2.45) is 0 Å². The molecule has 0 bridgehead atoms. The number of unbranched alkanes of at least 4 members (excludes halogenated alkanes) is 8. The van der Waals surface area contributed by atoms with Gasteiger partial charge in [0.1, 0.15) is 0 Å². The Morgan fingerprint density at radius 1 is 0.793 bits per heavy atom. The number of hydrogen-bond donors (Lipinski definition) is 2. The molecular weight excluding hydrogens is 352 g/mol. The average molecular weight is 395 g/mol. The lowest BCUT2D eigenvalue weighted by Crippen LogP contribution is -2.18. The van der Waals surface area contributed by atoms with E-state index < -0.39 is 0 Å². The van der Waals surface area contributed by atoms with Gasteiger partial charge >= 0.3 is 0 Å². The van der Waals surface area contributed by atoms with Crippen molar-refractivity contribution in [2.75, 3.05) is 13.1 Å². The van der Waals surface area contributed by atoms with E-state index in [9.17, 15) is 0 Å². The molecule has 0 fully saturated rings. The van der Waals surface area contributed by atoms with E-state index in [2.05, 4.69) is 72.0 Å². The second kappa shape index (κ2) is 16.0. The number of nitrogens with one attached hydrogen (secondary N) is 2. The third-order valence-corrected chi connectivity index (χ3v) is 5.55. The van der Waals surface area contributed by atoms with Crippen molar-refractivity contribution in [3.63, 3.8) is 0 Å². The Hall–Kier alpha value is -1.80. The highest BCUT2D eigenvalue weighted by atomic mass is 14.8. The number of benzene rings is 1. The fraction of sp³-hybridized carbons (Fsp3) is 0.556. The van der Waals surface area contributed by atoms with E-state index in [-0.39, 0.29) is 0 Å². The maximum atomic E-state index is 3.60. The molecule has 0 saturated carbocycles. The predicted molar refractivity (Wildman–Crippen MR) is 130 cm³/mol. The quantitative estimate of drug-likeness (QED) is 0.208. The molecule has 2 aromatic rings. The number of fused-ring (bicyclic) bond motifs is 1. The Kier molecular flexibility index (Phi) is 13.0. The summed E-state index contributed by atoms with van der Waals surface area (Å²) in [5, 5.41) is 4.97. The van der Waals surface area contributed by atoms with Gasteiger partial charge in [0.05, 0.1) is 0 Å². The van der Waals surface area contributed by atoms with Gasteiger partial charge in [-0.05, 0) is 69.7 Å². The Bertz CT molecular complexity index is 695. The third kappa shape index (κ3) is 10.5. The smallest absolute Gasteiger partial charge is 0.0456 e. The van der Waals surface area contributed by atoms with Crippen molar-refractivity contribution < 1.29 is 0 Å². The van der Waals surface area contributed by atoms with Gasteiger partial charge in [-0.2, -0.15) is 0 Å². The molecule has 2 nitrogen and oxygen atoms in total. The molecule has 29 heavy (non-hydrogen) atoms. The van der Waals surface area contributed by atoms with Crippen molar-refractivity contribution in [1.82, 2.24) is 10.3 Å². The fourth-order valence-electron chi connectivity index (χ4n) is 3.75. The van der Waals surface area contributed by atoms with E-state index in [1.54, 1.807) is 0 Å². The molecule has 0 atom stereocenters. The average Bonchev–Trinajstić information content (AvgIpc) is 3.16. The molecule has 0 saturated heterocycles. The van der Waals surface area contributed by atoms with Crippen molar-refractivity contribution in [2.45, 2.75) is 84.0 Å². The molecule has 160 valence electrons. The normalized spacial score (nSPS) is 12.0. The van der Waals surface area contributed by atoms with Crippen molar-refractivity contribution in [3.8, 4) is 0 Å². The van der Waals surface area contributed by atoms with Crippen LogP contribution in [0.5, 0.6) is 0 Å². The summed E-state index contributed by atoms with van der Waals surface area (Å²) in [7, 11) is 0. The second-order valence-electron chi connectivity index (χ2n) is 8.09. The maximum absolute atomic E-state index is 3.60. The summed E-state index contributed by atoms with van der Waals surface area (Å²) < 4.78 is 0. The van der Waals surface area contributed by atoms with Crippen LogP contribution in [-0.2, 0) is 6.42 Å². The third-order valence-electron chi connectivity index (χ3n) is 5.55. The van der Waals surface area contributed by atoms with Gasteiger partial charge in [-0.1, -0.05) is 81.5 Å². The minimum atomic E-state index is 1.07. The molecule has 0 unspecified atom stereocenters. The van der Waals surface area contributed by atoms with Gasteiger partial charge in [0.2, 0.25) is 0 Å². The minimum Gasteiger partial charge on any atom is -0.361 e. The standard InChI is InChI=1S/C27H42N2/c1-2-3-4-5-6-7-8-9-10-11-12-13-14-15-18-22-28-23-21-25-24-29-27-20-17-16-19-26(25)27/h6-7,9-10,16-17,19-20,24,28-29H,2-5,8,11-15,18,21-23H2,1H3/b7-6-,10-9-. The van der Waals surface area contributed by atoms with Gasteiger partial charge in [-0.25, -0.2) is 0 Å². The SMILES string of the molecule is CCCCC/C=C\C/C=C\CCCCCCCNCCc1c[nH]c2ccccc12. The van der Waals surface area contributed by atoms with Gasteiger partial charge in [0.25, 0.3) is 0 Å². The fourth-order valence-corrected chi connectivity index (χ4v) is 3.75. The summed E-state index contributed by atoms with van der Waals surface area (Å²) in [6.07, 6.45) is 27.0. The largest absolute Gasteiger partial charge is 0.361 e. The summed E-state index contributed by atoms with van der Waals surface area (Å²) in [4.78, 5) is 3.36. The first-order valence-electron chi connectivity index (χ1n) is 12.0. The highest BCUT2D eigenvalue weighted by Crippen LogP contribution is 2.17. The monoisotopic (exact) mass is 394 g/mol. The van der Waals surface area contributed by atoms with Crippen LogP contribution in [0.3, 0.4) is 0 Å². The van der Waals surface area contributed by atoms with Gasteiger partial charge in [-0.15, -0.1) is 0 Å². The zero-order chi connectivity index (χ0) is 20.4. The molecule has 0 radical (unpaired) electrons. The summed E-state index contributed by atoms with van der Waals surface area (Å²) >= 11 is 0. The molecule has 1 aromatic heterocycles. The molecule has 2 rings (SSSR count). The van der Waals surface area contributed by atoms with Crippen LogP contribution in [0.4, 0.5) is 0 Å². The topological polar surface area (TPSA) is 27.8 Å². The summed E-state index contributed by atoms with van der Waals surface area (Å²) in [6.45, 7) is 4.48. The van der Waals surface area contributed by atoms with Crippen LogP contribution >= 0.6 is 0 Å². The molecule has 0 aliphatic carbocycles. The molecule has 2 heteroatoms. The zero-order valence-electron chi connectivity index (χ0n) is 18.6. The van der Waals surface area contributed by atoms with Gasteiger partial charge in [0, 0.05) is 17.1 Å². The zero-order valence-corrected chi connectivity index (χ0v) is 18.6. The number of para-hydroxylation sites is 1. The van der Waals surface area contributed by atoms with Crippen LogP contribution in [0.1, 0.15) is 83.1 Å². The number of hydrogen-bond acceptors (Lipinski definition) is 1. The Morgan fingerprint density at radius 2 is 1.52 bits per heavy atom. The Labute approximate surface area is 178 Å². The van der Waals surface area contributed by atoms with Crippen molar-refractivity contribution in [3.05, 3.63) is 60.3 Å². The van der Waals surface area contributed by atoms with Crippen LogP contribution in [0.25, 0.3) is 10.9 Å². The highest BCUT2D eigenvalue weighted by molar-refractivity contribution is 5.83. The predicted octanol–water partition coefficient (Wildman–Crippen LogP) is 7.72. The van der Waals surface area contributed by atoms with Gasteiger partial charge in [-0.3, -0.25) is 0 Å². The lowest BCUT2D eigenvalue weighted by atomic mass is 10.1. The van der Waals surface area contributed by atoms with Gasteiger partial charge < -0.3 is 10.3 Å². The summed E-state index contributed by atoms with van der Waals surface area (Å²) in [5.74, 6) is 0. The number of rotatable bonds is 17. The number of aromatic amines is 1. The number of aromatic nitrogens is 1. The van der Waals surface area contributed by atoms with E-state index in [0.29, 0.717) is 0 Å². The first-order valence-corrected chi connectivity index (χ1v) is 12.0. The van der Waals surface area contributed by atoms with Crippen LogP contribution in [-0.4, -0.2) is 18.1 Å². The van der Waals surface area contributed by atoms with E-state index >= 15 is 0 Å². The molecule has 1 heterocycles. The van der Waals surface area contributed by atoms with Gasteiger partial charge in [0.15, 0.2) is 0 Å². The Balaban J connectivity index is 1.35. The highest BCUT2D eigenvalue weighted by Gasteiger charge is 2.01. The first-order chi connectivity index (χ1) is 14.4. The Morgan fingerprint density at radius 3 is 2.34 bits per heavy atom. The second-order valence-corrected chi connectivity index (χ2v) is 8.09. The lowest BCUT2D eigenvalue weighted by molar-refractivity contribution is 0.578. The maximum Gasteiger partial charge on any atom is 0.0456 e. The minimum absolute atomic E-state index is 1.07. The molecule has 0 aliphatic rings. The van der Waals surface area contributed by atoms with E-state index in [1.165, 1.54) is 80.7 Å². The van der Waals surface area contributed by atoms with Crippen LogP contribution in [0.2, 0.25) is 0 Å². The van der Waals surface area contributed by atoms with Crippen molar-refractivity contribution in [1.29, 1.82) is 0 Å². The molecule has 0 aliphatic heterocycles. The van der Waals surface area contributed by atoms with E-state index in [4.69, 9.17) is 0 Å². The van der Waals surface area contributed by atoms with E-state index in [0.717, 1.165) is 25.9 Å². The molecule has 1 aromatic carbocycles. The lowest BCUT2D eigenvalue weighted by Gasteiger charge is -2.04. The number of allylic oxidation sites excluding steroid dienone is 4. The van der Waals surface area contributed by atoms with Crippen LogP contribution < -0.4 is 5.32 Å². The van der Waals surface area contributed by atoms with E-state index in [1.807, 2.05) is 0 Å². The summed E-state index contributed by atoms with van der Waals surface area (Å²) in [5.41, 5.74) is 2.67. The molecule has 2 N–H and O–H groups in total.